The third-order valence-electron chi connectivity index (χ3n) is 9.88. The van der Waals surface area contributed by atoms with E-state index in [9.17, 15) is 14.4 Å². The van der Waals surface area contributed by atoms with Crippen LogP contribution in [0.4, 0.5) is 5.69 Å². The van der Waals surface area contributed by atoms with E-state index in [-0.39, 0.29) is 51.5 Å². The number of imide groups is 1. The second kappa shape index (κ2) is 10.5. The number of benzene rings is 3. The summed E-state index contributed by atoms with van der Waals surface area (Å²) in [6, 6.07) is 21.0. The minimum absolute atomic E-state index is 0.0125. The van der Waals surface area contributed by atoms with Crippen LogP contribution < -0.4 is 19.2 Å². The molecule has 7 atom stereocenters. The molecule has 7 nitrogen and oxygen atoms in total. The minimum atomic E-state index is -0.396. The molecule has 0 spiro atoms. The van der Waals surface area contributed by atoms with E-state index >= 15 is 0 Å². The molecule has 44 heavy (non-hydrogen) atoms. The Morgan fingerprint density at radius 1 is 0.955 bits per heavy atom. The molecule has 0 radical (unpaired) electrons. The average Bonchev–Trinajstić information content (AvgIpc) is 3.76. The number of carbonyl (C=O) groups is 2. The fraction of sp³-hybridized carbons (Fsp3) is 0.324. The zero-order chi connectivity index (χ0) is 30.3. The number of anilines is 1. The third kappa shape index (κ3) is 4.27. The van der Waals surface area contributed by atoms with Crippen molar-refractivity contribution in [2.75, 3.05) is 12.0 Å². The van der Waals surface area contributed by atoms with Gasteiger partial charge in [0, 0.05) is 26.6 Å². The Hall–Kier alpha value is -3.53. The number of aromatic nitrogens is 1. The number of carbonyl (C=O) groups excluding carboxylic acids is 2. The molecule has 224 valence electrons. The number of aryl methyl sites for hydroxylation is 1. The van der Waals surface area contributed by atoms with Gasteiger partial charge >= 0.3 is 4.87 Å². The van der Waals surface area contributed by atoms with Crippen molar-refractivity contribution < 1.29 is 19.1 Å². The van der Waals surface area contributed by atoms with Crippen molar-refractivity contribution in [3.8, 4) is 11.5 Å². The summed E-state index contributed by atoms with van der Waals surface area (Å²) in [4.78, 5) is 46.0. The van der Waals surface area contributed by atoms with E-state index < -0.39 is 5.92 Å². The number of rotatable bonds is 6. The van der Waals surface area contributed by atoms with Crippen LogP contribution in [-0.4, -0.2) is 29.2 Å². The maximum absolute atomic E-state index is 14.1. The number of methoxy groups -OCH3 is 1. The van der Waals surface area contributed by atoms with Gasteiger partial charge in [-0.25, -0.2) is 0 Å². The summed E-state index contributed by atoms with van der Waals surface area (Å²) in [7, 11) is 1.59. The van der Waals surface area contributed by atoms with E-state index in [4.69, 9.17) is 21.1 Å². The predicted octanol–water partition coefficient (Wildman–Crippen LogP) is 6.66. The number of nitrogens with one attached hydrogen (secondary N) is 1. The molecule has 3 aromatic carbocycles. The van der Waals surface area contributed by atoms with Crippen LogP contribution in [0.15, 0.2) is 76.6 Å². The Labute approximate surface area is 267 Å². The normalized spacial score (nSPS) is 28.2. The standard InChI is InChI=1S/C34H29ClN2O5S2/c1-16-3-5-17(6-4-16)15-42-24-12-7-18(35)13-21(24)25-26-22-14-23(29(26)43-31-30(25)44-34(40)36-31)28-27(22)32(38)37(33(28)39)19-8-10-20(41-2)11-9-19/h3-13,22-23,25-29H,14-15H2,1-2H3,(H,36,40)/t22-,23-,25+,26+,27+,28+,29-/m1/s1. The van der Waals surface area contributed by atoms with Crippen LogP contribution in [0.25, 0.3) is 0 Å². The fourth-order valence-corrected chi connectivity index (χ4v) is 11.2. The first kappa shape index (κ1) is 28.0. The quantitative estimate of drug-likeness (QED) is 0.236. The number of halogens is 1. The molecule has 4 aliphatic rings. The SMILES string of the molecule is COc1ccc(N2C(=O)[C@H]3[C@H]4C[C@@H]([C@@H]3C2=O)[C@H]2[C@H](c3cc(Cl)ccc3OCc3ccc(C)cc3)c3sc(=O)[nH]c3S[C@H]42)cc1. The largest absolute Gasteiger partial charge is 0.497 e. The van der Waals surface area contributed by atoms with E-state index in [0.29, 0.717) is 28.8 Å². The zero-order valence-electron chi connectivity index (χ0n) is 24.0. The van der Waals surface area contributed by atoms with Crippen molar-refractivity contribution in [2.45, 2.75) is 36.1 Å². The molecule has 10 heteroatoms. The predicted molar refractivity (Wildman–Crippen MR) is 171 cm³/mol. The molecule has 3 fully saturated rings. The van der Waals surface area contributed by atoms with E-state index in [1.54, 1.807) is 43.1 Å². The molecular formula is C34H29ClN2O5S2. The summed E-state index contributed by atoms with van der Waals surface area (Å²) >= 11 is 9.51. The number of ether oxygens (including phenoxy) is 2. The minimum Gasteiger partial charge on any atom is -0.497 e. The average molecular weight is 645 g/mol. The molecule has 0 unspecified atom stereocenters. The first-order valence-corrected chi connectivity index (χ1v) is 16.8. The van der Waals surface area contributed by atoms with Crippen LogP contribution in [0, 0.1) is 36.5 Å². The second-order valence-electron chi connectivity index (χ2n) is 12.1. The van der Waals surface area contributed by atoms with Gasteiger partial charge in [0.15, 0.2) is 0 Å². The molecule has 2 saturated carbocycles. The zero-order valence-corrected chi connectivity index (χ0v) is 26.4. The summed E-state index contributed by atoms with van der Waals surface area (Å²) in [5.41, 5.74) is 3.73. The topological polar surface area (TPSA) is 88.7 Å². The molecular weight excluding hydrogens is 616 g/mol. The summed E-state index contributed by atoms with van der Waals surface area (Å²) in [5, 5.41) is 1.50. The second-order valence-corrected chi connectivity index (χ2v) is 14.8. The number of fused-ring (bicyclic) bond motifs is 9. The van der Waals surface area contributed by atoms with E-state index in [1.807, 2.05) is 18.2 Å². The number of hydrogen-bond acceptors (Lipinski definition) is 7. The highest BCUT2D eigenvalue weighted by atomic mass is 35.5. The van der Waals surface area contributed by atoms with Crippen LogP contribution in [0.3, 0.4) is 0 Å². The van der Waals surface area contributed by atoms with Gasteiger partial charge < -0.3 is 14.5 Å². The number of aromatic amines is 1. The van der Waals surface area contributed by atoms with E-state index in [2.05, 4.69) is 36.2 Å². The van der Waals surface area contributed by atoms with Crippen LogP contribution in [-0.2, 0) is 16.2 Å². The Kier molecular flexibility index (Phi) is 6.70. The van der Waals surface area contributed by atoms with Gasteiger partial charge in [0.2, 0.25) is 11.8 Å². The fourth-order valence-electron chi connectivity index (χ4n) is 8.09. The van der Waals surface area contributed by atoms with E-state index in [1.165, 1.54) is 21.8 Å². The van der Waals surface area contributed by atoms with Crippen molar-refractivity contribution in [1.82, 2.24) is 4.98 Å². The van der Waals surface area contributed by atoms with Gasteiger partial charge in [-0.1, -0.05) is 52.8 Å². The molecule has 2 bridgehead atoms. The van der Waals surface area contributed by atoms with Crippen molar-refractivity contribution >= 4 is 52.2 Å². The summed E-state index contributed by atoms with van der Waals surface area (Å²) in [6.07, 6.45) is 0.807. The highest BCUT2D eigenvalue weighted by Crippen LogP contribution is 2.69. The number of thiazole rings is 1. The van der Waals surface area contributed by atoms with Gasteiger partial charge in [0.1, 0.15) is 18.1 Å². The van der Waals surface area contributed by atoms with E-state index in [0.717, 1.165) is 27.5 Å². The van der Waals surface area contributed by atoms with Gasteiger partial charge in [-0.15, -0.1) is 11.8 Å². The first-order valence-electron chi connectivity index (χ1n) is 14.7. The maximum atomic E-state index is 14.1. The summed E-state index contributed by atoms with van der Waals surface area (Å²) in [5.74, 6) is 0.221. The first-order chi connectivity index (χ1) is 21.3. The highest BCUT2D eigenvalue weighted by Gasteiger charge is 2.69. The van der Waals surface area contributed by atoms with Crippen molar-refractivity contribution in [3.05, 3.63) is 103 Å². The van der Waals surface area contributed by atoms with Gasteiger partial charge in [0.05, 0.1) is 29.7 Å². The number of nitrogens with zero attached hydrogens (tertiary/aromatic N) is 1. The number of thioether (sulfide) groups is 1. The highest BCUT2D eigenvalue weighted by molar-refractivity contribution is 8.00. The van der Waals surface area contributed by atoms with Crippen molar-refractivity contribution in [2.24, 2.45) is 29.6 Å². The van der Waals surface area contributed by atoms with Gasteiger partial charge in [-0.3, -0.25) is 19.3 Å². The number of H-pyrrole nitrogens is 1. The molecule has 1 N–H and O–H groups in total. The molecule has 8 rings (SSSR count). The molecule has 1 aromatic heterocycles. The van der Waals surface area contributed by atoms with Crippen molar-refractivity contribution in [3.63, 3.8) is 0 Å². The Morgan fingerprint density at radius 2 is 1.68 bits per heavy atom. The summed E-state index contributed by atoms with van der Waals surface area (Å²) in [6.45, 7) is 2.44. The van der Waals surface area contributed by atoms with Crippen molar-refractivity contribution in [1.29, 1.82) is 0 Å². The Bertz CT molecular complexity index is 1850. The molecule has 4 aromatic rings. The molecule has 2 amide bonds. The Morgan fingerprint density at radius 3 is 2.41 bits per heavy atom. The van der Waals surface area contributed by atoms with Gasteiger partial charge in [0.25, 0.3) is 0 Å². The van der Waals surface area contributed by atoms with Crippen LogP contribution >= 0.6 is 34.7 Å². The van der Waals surface area contributed by atoms with Crippen LogP contribution in [0.2, 0.25) is 5.02 Å². The maximum Gasteiger partial charge on any atom is 0.305 e. The monoisotopic (exact) mass is 644 g/mol. The van der Waals surface area contributed by atoms with Gasteiger partial charge in [-0.2, -0.15) is 0 Å². The van der Waals surface area contributed by atoms with Gasteiger partial charge in [-0.05, 0) is 79.1 Å². The molecule has 2 aliphatic heterocycles. The lowest BCUT2D eigenvalue weighted by molar-refractivity contribution is -0.123. The molecule has 1 saturated heterocycles. The molecule has 2 aliphatic carbocycles. The lowest BCUT2D eigenvalue weighted by Crippen LogP contribution is -2.42. The number of amides is 2. The van der Waals surface area contributed by atoms with Crippen LogP contribution in [0.5, 0.6) is 11.5 Å². The molecule has 3 heterocycles. The Balaban J connectivity index is 1.18. The summed E-state index contributed by atoms with van der Waals surface area (Å²) < 4.78 is 11.7. The third-order valence-corrected chi connectivity index (χ3v) is 12.7. The lowest BCUT2D eigenvalue weighted by Gasteiger charge is -2.43. The van der Waals surface area contributed by atoms with Crippen LogP contribution in [0.1, 0.15) is 33.9 Å². The lowest BCUT2D eigenvalue weighted by atomic mass is 9.68. The number of hydrogen-bond donors (Lipinski definition) is 1. The smallest absolute Gasteiger partial charge is 0.305 e.